The van der Waals surface area contributed by atoms with E-state index >= 15 is 0 Å². The first-order valence-electron chi connectivity index (χ1n) is 7.26. The van der Waals surface area contributed by atoms with Gasteiger partial charge < -0.3 is 10.1 Å². The molecular formula is C16H24BrNO. The summed E-state index contributed by atoms with van der Waals surface area (Å²) in [6.45, 7) is 6.11. The maximum atomic E-state index is 5.54. The third-order valence-corrected chi connectivity index (χ3v) is 4.41. The van der Waals surface area contributed by atoms with Crippen LogP contribution in [0.3, 0.4) is 0 Å². The smallest absolute Gasteiger partial charge is 0.0518 e. The zero-order valence-electron chi connectivity index (χ0n) is 11.9. The SMILES string of the molecule is CC(C)OCCCNC1CC(c2ccccc2Br)C1. The Hall–Kier alpha value is -0.380. The summed E-state index contributed by atoms with van der Waals surface area (Å²) in [5.74, 6) is 0.722. The van der Waals surface area contributed by atoms with Crippen LogP contribution >= 0.6 is 15.9 Å². The van der Waals surface area contributed by atoms with Gasteiger partial charge in [0.15, 0.2) is 0 Å². The van der Waals surface area contributed by atoms with Crippen molar-refractivity contribution in [1.29, 1.82) is 0 Å². The number of nitrogens with one attached hydrogen (secondary N) is 1. The highest BCUT2D eigenvalue weighted by molar-refractivity contribution is 9.10. The van der Waals surface area contributed by atoms with Crippen molar-refractivity contribution in [2.75, 3.05) is 13.2 Å². The van der Waals surface area contributed by atoms with Gasteiger partial charge in [0.2, 0.25) is 0 Å². The molecule has 1 aromatic rings. The highest BCUT2D eigenvalue weighted by Crippen LogP contribution is 2.39. The summed E-state index contributed by atoms with van der Waals surface area (Å²) >= 11 is 3.64. The largest absolute Gasteiger partial charge is 0.379 e. The minimum atomic E-state index is 0.350. The van der Waals surface area contributed by atoms with Crippen molar-refractivity contribution in [3.8, 4) is 0 Å². The fourth-order valence-electron chi connectivity index (χ4n) is 2.54. The lowest BCUT2D eigenvalue weighted by Gasteiger charge is -2.37. The molecule has 1 fully saturated rings. The average molecular weight is 326 g/mol. The van der Waals surface area contributed by atoms with Crippen LogP contribution in [0.2, 0.25) is 0 Å². The van der Waals surface area contributed by atoms with Gasteiger partial charge >= 0.3 is 0 Å². The summed E-state index contributed by atoms with van der Waals surface area (Å²) in [7, 11) is 0. The summed E-state index contributed by atoms with van der Waals surface area (Å²) in [5.41, 5.74) is 1.46. The Labute approximate surface area is 125 Å². The lowest BCUT2D eigenvalue weighted by Crippen LogP contribution is -2.40. The molecule has 1 N–H and O–H groups in total. The van der Waals surface area contributed by atoms with Crippen LogP contribution < -0.4 is 5.32 Å². The van der Waals surface area contributed by atoms with Gasteiger partial charge in [0.1, 0.15) is 0 Å². The van der Waals surface area contributed by atoms with E-state index in [1.165, 1.54) is 22.9 Å². The molecule has 0 amide bonds. The third kappa shape index (κ3) is 4.59. The molecule has 0 bridgehead atoms. The standard InChI is InChI=1S/C16H24BrNO/c1-12(2)19-9-5-8-18-14-10-13(11-14)15-6-3-4-7-16(15)17/h3-4,6-7,12-14,18H,5,8-11H2,1-2H3. The minimum absolute atomic E-state index is 0.350. The Kier molecular flexibility index (Phi) is 5.86. The first-order valence-corrected chi connectivity index (χ1v) is 8.05. The molecule has 0 saturated heterocycles. The molecule has 1 aliphatic rings. The quantitative estimate of drug-likeness (QED) is 0.762. The van der Waals surface area contributed by atoms with Gasteiger partial charge in [-0.15, -0.1) is 0 Å². The lowest BCUT2D eigenvalue weighted by atomic mass is 9.76. The van der Waals surface area contributed by atoms with Crippen LogP contribution in [0.5, 0.6) is 0 Å². The molecule has 1 aliphatic carbocycles. The van der Waals surface area contributed by atoms with Gasteiger partial charge in [-0.2, -0.15) is 0 Å². The Morgan fingerprint density at radius 2 is 2.05 bits per heavy atom. The Bertz CT molecular complexity index is 388. The molecule has 1 saturated carbocycles. The number of rotatable bonds is 7. The summed E-state index contributed by atoms with van der Waals surface area (Å²) in [4.78, 5) is 0. The fourth-order valence-corrected chi connectivity index (χ4v) is 3.15. The molecule has 0 atom stereocenters. The highest BCUT2D eigenvalue weighted by atomic mass is 79.9. The molecule has 0 unspecified atom stereocenters. The minimum Gasteiger partial charge on any atom is -0.379 e. The van der Waals surface area contributed by atoms with E-state index in [9.17, 15) is 0 Å². The van der Waals surface area contributed by atoms with Gasteiger partial charge in [-0.25, -0.2) is 0 Å². The lowest BCUT2D eigenvalue weighted by molar-refractivity contribution is 0.0760. The predicted octanol–water partition coefficient (Wildman–Crippen LogP) is 4.10. The van der Waals surface area contributed by atoms with Crippen LogP contribution in [0.1, 0.15) is 44.6 Å². The molecule has 0 radical (unpaired) electrons. The molecule has 106 valence electrons. The number of halogens is 1. The van der Waals surface area contributed by atoms with Crippen LogP contribution in [-0.4, -0.2) is 25.3 Å². The van der Waals surface area contributed by atoms with E-state index in [4.69, 9.17) is 4.74 Å². The molecule has 0 heterocycles. The Morgan fingerprint density at radius 3 is 2.74 bits per heavy atom. The zero-order chi connectivity index (χ0) is 13.7. The van der Waals surface area contributed by atoms with Crippen LogP contribution in [0.15, 0.2) is 28.7 Å². The van der Waals surface area contributed by atoms with E-state index in [1.54, 1.807) is 0 Å². The molecule has 2 rings (SSSR count). The molecule has 0 aliphatic heterocycles. The summed E-state index contributed by atoms with van der Waals surface area (Å²) < 4.78 is 6.79. The third-order valence-electron chi connectivity index (χ3n) is 3.69. The van der Waals surface area contributed by atoms with Crippen molar-refractivity contribution in [1.82, 2.24) is 5.32 Å². The van der Waals surface area contributed by atoms with Crippen LogP contribution in [-0.2, 0) is 4.74 Å². The first kappa shape index (κ1) is 15.0. The molecule has 19 heavy (non-hydrogen) atoms. The summed E-state index contributed by atoms with van der Waals surface area (Å²) in [6, 6.07) is 9.28. The van der Waals surface area contributed by atoms with Gasteiger partial charge in [0, 0.05) is 17.1 Å². The van der Waals surface area contributed by atoms with E-state index in [-0.39, 0.29) is 0 Å². The molecule has 0 aromatic heterocycles. The topological polar surface area (TPSA) is 21.3 Å². The Balaban J connectivity index is 1.60. The van der Waals surface area contributed by atoms with E-state index in [1.807, 2.05) is 0 Å². The van der Waals surface area contributed by atoms with Crippen molar-refractivity contribution >= 4 is 15.9 Å². The van der Waals surface area contributed by atoms with Gasteiger partial charge in [-0.1, -0.05) is 34.1 Å². The Morgan fingerprint density at radius 1 is 1.32 bits per heavy atom. The second-order valence-electron chi connectivity index (χ2n) is 5.61. The van der Waals surface area contributed by atoms with E-state index in [0.29, 0.717) is 12.1 Å². The van der Waals surface area contributed by atoms with Gasteiger partial charge in [0.25, 0.3) is 0 Å². The monoisotopic (exact) mass is 325 g/mol. The van der Waals surface area contributed by atoms with Crippen LogP contribution in [0.25, 0.3) is 0 Å². The van der Waals surface area contributed by atoms with Gasteiger partial charge in [0.05, 0.1) is 6.10 Å². The van der Waals surface area contributed by atoms with Crippen molar-refractivity contribution in [3.63, 3.8) is 0 Å². The predicted molar refractivity (Wildman–Crippen MR) is 83.6 cm³/mol. The fraction of sp³-hybridized carbons (Fsp3) is 0.625. The van der Waals surface area contributed by atoms with Crippen LogP contribution in [0, 0.1) is 0 Å². The molecule has 1 aromatic carbocycles. The summed E-state index contributed by atoms with van der Waals surface area (Å²) in [6.07, 6.45) is 3.97. The highest BCUT2D eigenvalue weighted by Gasteiger charge is 2.30. The molecule has 2 nitrogen and oxygen atoms in total. The van der Waals surface area contributed by atoms with Crippen molar-refractivity contribution in [2.45, 2.75) is 51.2 Å². The normalized spacial score (nSPS) is 22.5. The molecular weight excluding hydrogens is 302 g/mol. The van der Waals surface area contributed by atoms with E-state index < -0.39 is 0 Å². The maximum absolute atomic E-state index is 5.54. The second-order valence-corrected chi connectivity index (χ2v) is 6.47. The van der Waals surface area contributed by atoms with E-state index in [0.717, 1.165) is 25.5 Å². The van der Waals surface area contributed by atoms with Gasteiger partial charge in [-0.05, 0) is 57.2 Å². The van der Waals surface area contributed by atoms with Crippen LogP contribution in [0.4, 0.5) is 0 Å². The molecule has 3 heteroatoms. The van der Waals surface area contributed by atoms with Crippen molar-refractivity contribution in [3.05, 3.63) is 34.3 Å². The first-order chi connectivity index (χ1) is 9.16. The molecule has 0 spiro atoms. The maximum Gasteiger partial charge on any atom is 0.0518 e. The zero-order valence-corrected chi connectivity index (χ0v) is 13.4. The van der Waals surface area contributed by atoms with Crippen molar-refractivity contribution in [2.24, 2.45) is 0 Å². The number of hydrogen-bond donors (Lipinski definition) is 1. The second kappa shape index (κ2) is 7.41. The number of ether oxygens (including phenoxy) is 1. The number of hydrogen-bond acceptors (Lipinski definition) is 2. The number of benzene rings is 1. The van der Waals surface area contributed by atoms with Crippen molar-refractivity contribution < 1.29 is 4.74 Å². The average Bonchev–Trinajstić information content (AvgIpc) is 2.32. The van der Waals surface area contributed by atoms with Gasteiger partial charge in [-0.3, -0.25) is 0 Å². The van der Waals surface area contributed by atoms with E-state index in [2.05, 4.69) is 59.4 Å². The summed E-state index contributed by atoms with van der Waals surface area (Å²) in [5, 5.41) is 3.62.